The van der Waals surface area contributed by atoms with Crippen LogP contribution in [-0.4, -0.2) is 36.5 Å². The van der Waals surface area contributed by atoms with Gasteiger partial charge in [-0.3, -0.25) is 4.79 Å². The lowest BCUT2D eigenvalue weighted by Crippen LogP contribution is -2.32. The van der Waals surface area contributed by atoms with Crippen LogP contribution < -0.4 is 0 Å². The molecule has 0 aromatic carbocycles. The van der Waals surface area contributed by atoms with Crippen LogP contribution in [0.15, 0.2) is 12.7 Å². The molecular weight excluding hydrogens is 232 g/mol. The van der Waals surface area contributed by atoms with Crippen molar-refractivity contribution in [3.05, 3.63) is 12.7 Å². The first-order valence-corrected chi connectivity index (χ1v) is 6.53. The van der Waals surface area contributed by atoms with Gasteiger partial charge >= 0.3 is 5.97 Å². The zero-order valence-corrected chi connectivity index (χ0v) is 11.5. The third-order valence-electron chi connectivity index (χ3n) is 3.82. The van der Waals surface area contributed by atoms with Gasteiger partial charge in [0.15, 0.2) is 0 Å². The molecule has 18 heavy (non-hydrogen) atoms. The molecule has 0 amide bonds. The van der Waals surface area contributed by atoms with E-state index in [0.29, 0.717) is 6.42 Å². The Bertz CT molecular complexity index is 290. The van der Waals surface area contributed by atoms with Crippen molar-refractivity contribution in [1.82, 2.24) is 0 Å². The molecule has 0 bridgehead atoms. The minimum atomic E-state index is -0.431. The van der Waals surface area contributed by atoms with E-state index in [9.17, 15) is 9.90 Å². The van der Waals surface area contributed by atoms with Crippen LogP contribution in [0.25, 0.3) is 0 Å². The number of hydrogen-bond donors (Lipinski definition) is 1. The summed E-state index contributed by atoms with van der Waals surface area (Å²) >= 11 is 0. The Kier molecular flexibility index (Phi) is 5.82. The topological polar surface area (TPSA) is 55.8 Å². The quantitative estimate of drug-likeness (QED) is 0.582. The monoisotopic (exact) mass is 256 g/mol. The van der Waals surface area contributed by atoms with Gasteiger partial charge in [-0.15, -0.1) is 6.58 Å². The Hall–Kier alpha value is -0.870. The normalized spacial score (nSPS) is 28.4. The molecule has 1 N–H and O–H groups in total. The number of aliphatic hydroxyl groups is 1. The second kappa shape index (κ2) is 6.90. The fraction of sp³-hybridized carbons (Fsp3) is 0.786. The van der Waals surface area contributed by atoms with E-state index in [1.54, 1.807) is 6.08 Å². The van der Waals surface area contributed by atoms with Gasteiger partial charge in [0.2, 0.25) is 0 Å². The van der Waals surface area contributed by atoms with Crippen molar-refractivity contribution in [2.24, 2.45) is 11.8 Å². The van der Waals surface area contributed by atoms with Crippen molar-refractivity contribution in [2.45, 2.75) is 51.4 Å². The van der Waals surface area contributed by atoms with E-state index in [0.717, 1.165) is 12.8 Å². The standard InChI is InChI=1S/C14H24O4/c1-5-6-11(15)9(2)12-7-8-13(18-12)10(3)14(16)17-4/h5,9-13,15H,1,6-8H2,2-4H3/t9-,10-,11-,12-,13+/m0/s1. The average Bonchev–Trinajstić information content (AvgIpc) is 2.85. The maximum atomic E-state index is 11.4. The first kappa shape index (κ1) is 15.2. The summed E-state index contributed by atoms with van der Waals surface area (Å²) < 4.78 is 10.6. The molecule has 1 fully saturated rings. The number of ether oxygens (including phenoxy) is 2. The highest BCUT2D eigenvalue weighted by Gasteiger charge is 2.37. The summed E-state index contributed by atoms with van der Waals surface area (Å²) in [4.78, 5) is 11.4. The van der Waals surface area contributed by atoms with Crippen molar-refractivity contribution in [3.63, 3.8) is 0 Å². The van der Waals surface area contributed by atoms with Crippen LogP contribution in [0.5, 0.6) is 0 Å². The van der Waals surface area contributed by atoms with Crippen LogP contribution in [0.3, 0.4) is 0 Å². The van der Waals surface area contributed by atoms with E-state index >= 15 is 0 Å². The number of rotatable bonds is 6. The van der Waals surface area contributed by atoms with Crippen LogP contribution in [-0.2, 0) is 14.3 Å². The van der Waals surface area contributed by atoms with E-state index in [1.165, 1.54) is 7.11 Å². The molecule has 1 heterocycles. The largest absolute Gasteiger partial charge is 0.469 e. The Labute approximate surface area is 109 Å². The van der Waals surface area contributed by atoms with Crippen molar-refractivity contribution >= 4 is 5.97 Å². The summed E-state index contributed by atoms with van der Waals surface area (Å²) in [5.74, 6) is -0.429. The number of carbonyl (C=O) groups excluding carboxylic acids is 1. The fourth-order valence-electron chi connectivity index (χ4n) is 2.41. The van der Waals surface area contributed by atoms with Crippen molar-refractivity contribution in [3.8, 4) is 0 Å². The van der Waals surface area contributed by atoms with E-state index in [1.807, 2.05) is 13.8 Å². The number of hydrogen-bond acceptors (Lipinski definition) is 4. The smallest absolute Gasteiger partial charge is 0.311 e. The predicted octanol–water partition coefficient (Wildman–Crippen LogP) is 1.92. The zero-order chi connectivity index (χ0) is 13.7. The molecule has 0 aromatic rings. The van der Waals surface area contributed by atoms with E-state index in [-0.39, 0.29) is 30.0 Å². The third kappa shape index (κ3) is 3.56. The van der Waals surface area contributed by atoms with Gasteiger partial charge in [0.1, 0.15) is 0 Å². The van der Waals surface area contributed by atoms with Gasteiger partial charge in [-0.25, -0.2) is 0 Å². The molecular formula is C14H24O4. The van der Waals surface area contributed by atoms with E-state index in [2.05, 4.69) is 6.58 Å². The highest BCUT2D eigenvalue weighted by Crippen LogP contribution is 2.31. The van der Waals surface area contributed by atoms with Gasteiger partial charge in [0.05, 0.1) is 31.3 Å². The average molecular weight is 256 g/mol. The van der Waals surface area contributed by atoms with E-state index in [4.69, 9.17) is 9.47 Å². The molecule has 0 radical (unpaired) electrons. The molecule has 1 aliphatic rings. The summed E-state index contributed by atoms with van der Waals surface area (Å²) in [6.07, 6.45) is 3.48. The van der Waals surface area contributed by atoms with Crippen LogP contribution in [0.1, 0.15) is 33.1 Å². The Morgan fingerprint density at radius 3 is 2.67 bits per heavy atom. The molecule has 1 rings (SSSR count). The Balaban J connectivity index is 2.50. The Morgan fingerprint density at radius 2 is 2.11 bits per heavy atom. The van der Waals surface area contributed by atoms with Crippen LogP contribution in [0.2, 0.25) is 0 Å². The summed E-state index contributed by atoms with van der Waals surface area (Å²) in [5, 5.41) is 9.92. The first-order chi connectivity index (χ1) is 8.51. The molecule has 0 aliphatic carbocycles. The van der Waals surface area contributed by atoms with Crippen molar-refractivity contribution in [2.75, 3.05) is 7.11 Å². The summed E-state index contributed by atoms with van der Waals surface area (Å²) in [6.45, 7) is 7.42. The lowest BCUT2D eigenvalue weighted by Gasteiger charge is -2.25. The Morgan fingerprint density at radius 1 is 1.50 bits per heavy atom. The van der Waals surface area contributed by atoms with Crippen molar-refractivity contribution < 1.29 is 19.4 Å². The molecule has 104 valence electrons. The van der Waals surface area contributed by atoms with Gasteiger partial charge in [0.25, 0.3) is 0 Å². The van der Waals surface area contributed by atoms with Crippen LogP contribution in [0.4, 0.5) is 0 Å². The molecule has 5 atom stereocenters. The lowest BCUT2D eigenvalue weighted by molar-refractivity contribution is -0.150. The zero-order valence-electron chi connectivity index (χ0n) is 11.5. The number of esters is 1. The van der Waals surface area contributed by atoms with Crippen LogP contribution >= 0.6 is 0 Å². The minimum absolute atomic E-state index is 0.0112. The second-order valence-electron chi connectivity index (χ2n) is 5.05. The first-order valence-electron chi connectivity index (χ1n) is 6.53. The number of methoxy groups -OCH3 is 1. The molecule has 4 heteroatoms. The van der Waals surface area contributed by atoms with Gasteiger partial charge < -0.3 is 14.6 Å². The predicted molar refractivity (Wildman–Crippen MR) is 69.1 cm³/mol. The number of carbonyl (C=O) groups is 1. The van der Waals surface area contributed by atoms with E-state index < -0.39 is 6.10 Å². The van der Waals surface area contributed by atoms with Gasteiger partial charge in [-0.2, -0.15) is 0 Å². The van der Waals surface area contributed by atoms with Gasteiger partial charge in [-0.05, 0) is 26.2 Å². The highest BCUT2D eigenvalue weighted by atomic mass is 16.5. The molecule has 0 aromatic heterocycles. The summed E-state index contributed by atoms with van der Waals surface area (Å²) in [6, 6.07) is 0. The number of aliphatic hydroxyl groups excluding tert-OH is 1. The SMILES string of the molecule is C=CC[C@H](O)[C@H](C)[C@@H]1CC[C@H]([C@H](C)C(=O)OC)O1. The maximum Gasteiger partial charge on any atom is 0.311 e. The second-order valence-corrected chi connectivity index (χ2v) is 5.05. The third-order valence-corrected chi connectivity index (χ3v) is 3.82. The fourth-order valence-corrected chi connectivity index (χ4v) is 2.41. The van der Waals surface area contributed by atoms with Crippen molar-refractivity contribution in [1.29, 1.82) is 0 Å². The maximum absolute atomic E-state index is 11.4. The highest BCUT2D eigenvalue weighted by molar-refractivity contribution is 5.72. The molecule has 0 saturated carbocycles. The van der Waals surface area contributed by atoms with Crippen LogP contribution in [0, 0.1) is 11.8 Å². The molecule has 0 spiro atoms. The summed E-state index contributed by atoms with van der Waals surface area (Å²) in [7, 11) is 1.39. The molecule has 1 saturated heterocycles. The van der Waals surface area contributed by atoms with Gasteiger partial charge in [-0.1, -0.05) is 13.0 Å². The molecule has 4 nitrogen and oxygen atoms in total. The molecule has 1 aliphatic heterocycles. The summed E-state index contributed by atoms with van der Waals surface area (Å²) in [5.41, 5.74) is 0. The van der Waals surface area contributed by atoms with Gasteiger partial charge in [0, 0.05) is 5.92 Å². The molecule has 0 unspecified atom stereocenters. The minimum Gasteiger partial charge on any atom is -0.469 e. The lowest BCUT2D eigenvalue weighted by atomic mass is 9.93.